The molecule has 128 valence electrons. The Bertz CT molecular complexity index is 387. The second kappa shape index (κ2) is 11.3. The third-order valence-electron chi connectivity index (χ3n) is 4.38. The Labute approximate surface area is 148 Å². The molecule has 1 aliphatic heterocycles. The summed E-state index contributed by atoms with van der Waals surface area (Å²) in [5, 5.41) is 3.46. The van der Waals surface area contributed by atoms with Crippen molar-refractivity contribution in [2.24, 2.45) is 5.92 Å². The minimum absolute atomic E-state index is 0. The number of rotatable bonds is 6. The number of halogens is 2. The van der Waals surface area contributed by atoms with Gasteiger partial charge in [0.05, 0.1) is 0 Å². The molecule has 0 bridgehead atoms. The summed E-state index contributed by atoms with van der Waals surface area (Å²) < 4.78 is 0. The average Bonchev–Trinajstić information content (AvgIpc) is 2.49. The van der Waals surface area contributed by atoms with Crippen LogP contribution >= 0.6 is 24.8 Å². The van der Waals surface area contributed by atoms with Gasteiger partial charge in [-0.3, -0.25) is 4.90 Å². The van der Waals surface area contributed by atoms with E-state index in [0.717, 1.165) is 25.4 Å². The fraction of sp³-hybridized carbons (Fsp3) is 0.667. The van der Waals surface area contributed by atoms with E-state index in [1.165, 1.54) is 37.1 Å². The third kappa shape index (κ3) is 6.45. The highest BCUT2D eigenvalue weighted by atomic mass is 35.5. The summed E-state index contributed by atoms with van der Waals surface area (Å²) in [7, 11) is 0. The van der Waals surface area contributed by atoms with Crippen molar-refractivity contribution in [1.82, 2.24) is 10.2 Å². The molecule has 1 saturated heterocycles. The van der Waals surface area contributed by atoms with Gasteiger partial charge in [0.25, 0.3) is 0 Å². The standard InChI is InChI=1S/C18H30N2.2ClH/c1-4-16-6-8-17(9-7-16)18(10-5-15(2)3)20-13-11-19-12-14-20;;/h6-9,15,18-19H,4-5,10-14H2,1-3H3;2*1H/t18-;;/m0../s1. The first-order valence-corrected chi connectivity index (χ1v) is 8.24. The minimum Gasteiger partial charge on any atom is -0.314 e. The molecule has 1 heterocycles. The van der Waals surface area contributed by atoms with E-state index in [2.05, 4.69) is 55.3 Å². The molecule has 1 N–H and O–H groups in total. The van der Waals surface area contributed by atoms with E-state index in [-0.39, 0.29) is 24.8 Å². The van der Waals surface area contributed by atoms with Gasteiger partial charge < -0.3 is 5.32 Å². The Morgan fingerprint density at radius 3 is 2.09 bits per heavy atom. The number of piperazine rings is 1. The highest BCUT2D eigenvalue weighted by Crippen LogP contribution is 2.28. The molecule has 0 saturated carbocycles. The molecule has 0 aliphatic carbocycles. The van der Waals surface area contributed by atoms with Crippen LogP contribution in [0, 0.1) is 5.92 Å². The monoisotopic (exact) mass is 346 g/mol. The van der Waals surface area contributed by atoms with Crippen LogP contribution in [-0.2, 0) is 6.42 Å². The number of hydrogen-bond acceptors (Lipinski definition) is 2. The van der Waals surface area contributed by atoms with Crippen LogP contribution in [0.5, 0.6) is 0 Å². The number of nitrogens with zero attached hydrogens (tertiary/aromatic N) is 1. The second-order valence-corrected chi connectivity index (χ2v) is 6.37. The lowest BCUT2D eigenvalue weighted by atomic mass is 9.95. The lowest BCUT2D eigenvalue weighted by molar-refractivity contribution is 0.160. The zero-order valence-electron chi connectivity index (χ0n) is 14.2. The van der Waals surface area contributed by atoms with Crippen LogP contribution in [-0.4, -0.2) is 31.1 Å². The molecule has 1 aromatic carbocycles. The van der Waals surface area contributed by atoms with Gasteiger partial charge in [-0.15, -0.1) is 24.8 Å². The van der Waals surface area contributed by atoms with Crippen molar-refractivity contribution < 1.29 is 0 Å². The SMILES string of the molecule is CCc1ccc([C@H](CCC(C)C)N2CCNCC2)cc1.Cl.Cl. The molecule has 4 heteroatoms. The van der Waals surface area contributed by atoms with Crippen LogP contribution in [0.4, 0.5) is 0 Å². The Kier molecular flexibility index (Phi) is 11.1. The molecule has 1 fully saturated rings. The minimum atomic E-state index is 0. The molecule has 0 radical (unpaired) electrons. The van der Waals surface area contributed by atoms with Crippen molar-refractivity contribution in [3.8, 4) is 0 Å². The molecular weight excluding hydrogens is 315 g/mol. The average molecular weight is 347 g/mol. The van der Waals surface area contributed by atoms with E-state index in [1.54, 1.807) is 0 Å². The van der Waals surface area contributed by atoms with Crippen molar-refractivity contribution in [2.45, 2.75) is 46.1 Å². The van der Waals surface area contributed by atoms with E-state index >= 15 is 0 Å². The molecular formula is C18H32Cl2N2. The summed E-state index contributed by atoms with van der Waals surface area (Å²) in [6.45, 7) is 11.5. The molecule has 1 aromatic rings. The topological polar surface area (TPSA) is 15.3 Å². The summed E-state index contributed by atoms with van der Waals surface area (Å²) in [6.07, 6.45) is 3.72. The summed E-state index contributed by atoms with van der Waals surface area (Å²) in [4.78, 5) is 2.67. The molecule has 0 aromatic heterocycles. The summed E-state index contributed by atoms with van der Waals surface area (Å²) in [6, 6.07) is 9.92. The quantitative estimate of drug-likeness (QED) is 0.816. The first kappa shape index (κ1) is 21.7. The maximum atomic E-state index is 3.46. The number of aryl methyl sites for hydroxylation is 1. The van der Waals surface area contributed by atoms with Gasteiger partial charge in [-0.1, -0.05) is 45.0 Å². The molecule has 0 amide bonds. The van der Waals surface area contributed by atoms with E-state index in [0.29, 0.717) is 6.04 Å². The maximum absolute atomic E-state index is 3.46. The van der Waals surface area contributed by atoms with Crippen LogP contribution in [0.1, 0.15) is 50.8 Å². The highest BCUT2D eigenvalue weighted by molar-refractivity contribution is 5.85. The third-order valence-corrected chi connectivity index (χ3v) is 4.38. The lowest BCUT2D eigenvalue weighted by Gasteiger charge is -2.35. The van der Waals surface area contributed by atoms with Crippen LogP contribution in [0.2, 0.25) is 0 Å². The Hall–Kier alpha value is -0.280. The largest absolute Gasteiger partial charge is 0.314 e. The van der Waals surface area contributed by atoms with E-state index in [9.17, 15) is 0 Å². The fourth-order valence-electron chi connectivity index (χ4n) is 3.02. The molecule has 2 rings (SSSR count). The molecule has 1 atom stereocenters. The van der Waals surface area contributed by atoms with Gasteiger partial charge in [-0.2, -0.15) is 0 Å². The predicted molar refractivity (Wildman–Crippen MR) is 102 cm³/mol. The number of hydrogen-bond donors (Lipinski definition) is 1. The van der Waals surface area contributed by atoms with Gasteiger partial charge in [0, 0.05) is 32.2 Å². The van der Waals surface area contributed by atoms with Gasteiger partial charge in [-0.05, 0) is 36.3 Å². The van der Waals surface area contributed by atoms with Crippen LogP contribution < -0.4 is 5.32 Å². The van der Waals surface area contributed by atoms with Gasteiger partial charge in [-0.25, -0.2) is 0 Å². The van der Waals surface area contributed by atoms with Gasteiger partial charge in [0.2, 0.25) is 0 Å². The highest BCUT2D eigenvalue weighted by Gasteiger charge is 2.22. The van der Waals surface area contributed by atoms with Crippen molar-refractivity contribution in [3.63, 3.8) is 0 Å². The van der Waals surface area contributed by atoms with Crippen LogP contribution in [0.15, 0.2) is 24.3 Å². The Balaban J connectivity index is 0.00000220. The van der Waals surface area contributed by atoms with E-state index in [4.69, 9.17) is 0 Å². The van der Waals surface area contributed by atoms with Crippen molar-refractivity contribution >= 4 is 24.8 Å². The summed E-state index contributed by atoms with van der Waals surface area (Å²) in [5.74, 6) is 0.787. The predicted octanol–water partition coefficient (Wildman–Crippen LogP) is 4.48. The van der Waals surface area contributed by atoms with Crippen LogP contribution in [0.3, 0.4) is 0 Å². The van der Waals surface area contributed by atoms with Crippen molar-refractivity contribution in [2.75, 3.05) is 26.2 Å². The number of benzene rings is 1. The van der Waals surface area contributed by atoms with Gasteiger partial charge in [0.15, 0.2) is 0 Å². The second-order valence-electron chi connectivity index (χ2n) is 6.37. The fourth-order valence-corrected chi connectivity index (χ4v) is 3.02. The molecule has 22 heavy (non-hydrogen) atoms. The smallest absolute Gasteiger partial charge is 0.0349 e. The maximum Gasteiger partial charge on any atom is 0.0349 e. The molecule has 1 aliphatic rings. The first-order valence-electron chi connectivity index (χ1n) is 8.24. The van der Waals surface area contributed by atoms with E-state index in [1.807, 2.05) is 0 Å². The lowest BCUT2D eigenvalue weighted by Crippen LogP contribution is -2.45. The van der Waals surface area contributed by atoms with Crippen LogP contribution in [0.25, 0.3) is 0 Å². The normalized spacial score (nSPS) is 16.7. The molecule has 0 unspecified atom stereocenters. The summed E-state index contributed by atoms with van der Waals surface area (Å²) in [5.41, 5.74) is 2.95. The first-order chi connectivity index (χ1) is 9.70. The summed E-state index contributed by atoms with van der Waals surface area (Å²) >= 11 is 0. The van der Waals surface area contributed by atoms with Gasteiger partial charge >= 0.3 is 0 Å². The van der Waals surface area contributed by atoms with Gasteiger partial charge in [0.1, 0.15) is 0 Å². The van der Waals surface area contributed by atoms with Crippen molar-refractivity contribution in [3.05, 3.63) is 35.4 Å². The number of nitrogens with one attached hydrogen (secondary N) is 1. The van der Waals surface area contributed by atoms with E-state index < -0.39 is 0 Å². The Morgan fingerprint density at radius 1 is 1.00 bits per heavy atom. The Morgan fingerprint density at radius 2 is 1.59 bits per heavy atom. The van der Waals surface area contributed by atoms with Crippen molar-refractivity contribution in [1.29, 1.82) is 0 Å². The zero-order valence-corrected chi connectivity index (χ0v) is 15.8. The zero-order chi connectivity index (χ0) is 14.4. The molecule has 0 spiro atoms. The molecule has 2 nitrogen and oxygen atoms in total.